The van der Waals surface area contributed by atoms with E-state index in [1.807, 2.05) is 6.92 Å². The lowest BCUT2D eigenvalue weighted by atomic mass is 10.1. The molecule has 0 spiro atoms. The van der Waals surface area contributed by atoms with Crippen LogP contribution in [0.1, 0.15) is 6.92 Å². The molecular weight excluding hydrogens is 184 g/mol. The van der Waals surface area contributed by atoms with E-state index in [1.165, 1.54) is 0 Å². The van der Waals surface area contributed by atoms with Crippen molar-refractivity contribution >= 4 is 11.8 Å². The van der Waals surface area contributed by atoms with Gasteiger partial charge >= 0.3 is 0 Å². The number of nitrogens with one attached hydrogen (secondary N) is 3. The minimum absolute atomic E-state index is 0.105. The van der Waals surface area contributed by atoms with Crippen molar-refractivity contribution in [2.24, 2.45) is 5.73 Å². The predicted octanol–water partition coefficient (Wildman–Crippen LogP) is -2.46. The number of carbonyl (C=O) groups is 2. The summed E-state index contributed by atoms with van der Waals surface area (Å²) in [7, 11) is 0. The van der Waals surface area contributed by atoms with Crippen LogP contribution < -0.4 is 21.7 Å². The van der Waals surface area contributed by atoms with Crippen LogP contribution in [0.25, 0.3) is 0 Å². The highest BCUT2D eigenvalue weighted by molar-refractivity contribution is 5.87. The van der Waals surface area contributed by atoms with Gasteiger partial charge in [-0.1, -0.05) is 0 Å². The number of hydrogen-bond acceptors (Lipinski definition) is 4. The molecule has 0 aromatic heterocycles. The van der Waals surface area contributed by atoms with Crippen LogP contribution >= 0.6 is 0 Å². The SMILES string of the molecule is CC1CNC(C(=O)NCC(N)=O)CN1. The average molecular weight is 200 g/mol. The summed E-state index contributed by atoms with van der Waals surface area (Å²) in [6.07, 6.45) is 0. The number of amides is 2. The number of hydrogen-bond donors (Lipinski definition) is 4. The molecule has 0 bridgehead atoms. The van der Waals surface area contributed by atoms with Gasteiger partial charge in [-0.2, -0.15) is 0 Å². The molecule has 80 valence electrons. The summed E-state index contributed by atoms with van der Waals surface area (Å²) in [5.41, 5.74) is 4.90. The molecule has 1 rings (SSSR count). The number of primary amides is 1. The largest absolute Gasteiger partial charge is 0.368 e. The van der Waals surface area contributed by atoms with Crippen molar-refractivity contribution in [3.05, 3.63) is 0 Å². The third-order valence-corrected chi connectivity index (χ3v) is 2.09. The Bertz CT molecular complexity index is 223. The fourth-order valence-electron chi connectivity index (χ4n) is 1.27. The van der Waals surface area contributed by atoms with Gasteiger partial charge in [-0.3, -0.25) is 9.59 Å². The van der Waals surface area contributed by atoms with E-state index in [0.29, 0.717) is 12.6 Å². The van der Waals surface area contributed by atoms with E-state index in [-0.39, 0.29) is 18.5 Å². The second-order valence-corrected chi connectivity index (χ2v) is 3.45. The van der Waals surface area contributed by atoms with E-state index in [2.05, 4.69) is 16.0 Å². The third-order valence-electron chi connectivity index (χ3n) is 2.09. The van der Waals surface area contributed by atoms with Crippen molar-refractivity contribution in [3.8, 4) is 0 Å². The number of piperazine rings is 1. The van der Waals surface area contributed by atoms with Gasteiger partial charge in [0.1, 0.15) is 0 Å². The molecule has 14 heavy (non-hydrogen) atoms. The first-order valence-electron chi connectivity index (χ1n) is 4.62. The topological polar surface area (TPSA) is 96.2 Å². The van der Waals surface area contributed by atoms with Gasteiger partial charge in [-0.25, -0.2) is 0 Å². The highest BCUT2D eigenvalue weighted by Gasteiger charge is 2.22. The Balaban J connectivity index is 2.27. The summed E-state index contributed by atoms with van der Waals surface area (Å²) in [5.74, 6) is -0.723. The summed E-state index contributed by atoms with van der Waals surface area (Å²) >= 11 is 0. The van der Waals surface area contributed by atoms with Crippen molar-refractivity contribution in [1.82, 2.24) is 16.0 Å². The minimum atomic E-state index is -0.532. The zero-order valence-electron chi connectivity index (χ0n) is 8.17. The summed E-state index contributed by atoms with van der Waals surface area (Å²) < 4.78 is 0. The van der Waals surface area contributed by atoms with Gasteiger partial charge in [0.25, 0.3) is 0 Å². The third kappa shape index (κ3) is 3.31. The highest BCUT2D eigenvalue weighted by Crippen LogP contribution is 1.92. The summed E-state index contributed by atoms with van der Waals surface area (Å²) in [5, 5.41) is 8.68. The molecule has 1 aliphatic rings. The van der Waals surface area contributed by atoms with E-state index in [9.17, 15) is 9.59 Å². The van der Waals surface area contributed by atoms with Crippen LogP contribution in [0.4, 0.5) is 0 Å². The molecule has 0 aromatic rings. The summed E-state index contributed by atoms with van der Waals surface area (Å²) in [4.78, 5) is 21.8. The predicted molar refractivity (Wildman–Crippen MR) is 51.5 cm³/mol. The van der Waals surface area contributed by atoms with Gasteiger partial charge in [-0.05, 0) is 6.92 Å². The Morgan fingerprint density at radius 1 is 1.43 bits per heavy atom. The van der Waals surface area contributed by atoms with Gasteiger partial charge in [0, 0.05) is 19.1 Å². The minimum Gasteiger partial charge on any atom is -0.368 e. The average Bonchev–Trinajstić information content (AvgIpc) is 2.15. The van der Waals surface area contributed by atoms with Crippen LogP contribution in [-0.4, -0.2) is 43.5 Å². The van der Waals surface area contributed by atoms with Gasteiger partial charge in [0.15, 0.2) is 0 Å². The van der Waals surface area contributed by atoms with Crippen molar-refractivity contribution in [2.45, 2.75) is 19.0 Å². The fraction of sp³-hybridized carbons (Fsp3) is 0.750. The van der Waals surface area contributed by atoms with Gasteiger partial charge in [0.2, 0.25) is 11.8 Å². The summed E-state index contributed by atoms with van der Waals surface area (Å²) in [6.45, 7) is 3.25. The van der Waals surface area contributed by atoms with E-state index >= 15 is 0 Å². The maximum Gasteiger partial charge on any atom is 0.238 e. The van der Waals surface area contributed by atoms with E-state index in [0.717, 1.165) is 6.54 Å². The number of nitrogens with two attached hydrogens (primary N) is 1. The molecule has 0 aromatic carbocycles. The zero-order valence-corrected chi connectivity index (χ0v) is 8.17. The lowest BCUT2D eigenvalue weighted by Crippen LogP contribution is -2.59. The molecule has 0 saturated carbocycles. The van der Waals surface area contributed by atoms with Crippen LogP contribution in [-0.2, 0) is 9.59 Å². The van der Waals surface area contributed by atoms with Crippen LogP contribution in [0.5, 0.6) is 0 Å². The normalized spacial score (nSPS) is 26.9. The van der Waals surface area contributed by atoms with E-state index < -0.39 is 5.91 Å². The smallest absolute Gasteiger partial charge is 0.238 e. The number of carbonyl (C=O) groups excluding carboxylic acids is 2. The van der Waals surface area contributed by atoms with E-state index in [1.54, 1.807) is 0 Å². The Labute approximate surface area is 82.6 Å². The molecule has 6 heteroatoms. The second kappa shape index (κ2) is 4.92. The number of rotatable bonds is 3. The van der Waals surface area contributed by atoms with Gasteiger partial charge in [-0.15, -0.1) is 0 Å². The first-order valence-corrected chi connectivity index (χ1v) is 4.62. The first kappa shape index (κ1) is 10.9. The second-order valence-electron chi connectivity index (χ2n) is 3.45. The standard InChI is InChI=1S/C8H16N4O2/c1-5-2-11-6(3-10-5)8(14)12-4-7(9)13/h5-6,10-11H,2-4H2,1H3,(H2,9,13)(H,12,14). The maximum atomic E-state index is 11.4. The van der Waals surface area contributed by atoms with Crippen LogP contribution in [0, 0.1) is 0 Å². The van der Waals surface area contributed by atoms with Crippen molar-refractivity contribution < 1.29 is 9.59 Å². The molecule has 1 heterocycles. The van der Waals surface area contributed by atoms with Crippen LogP contribution in [0.2, 0.25) is 0 Å². The van der Waals surface area contributed by atoms with Crippen LogP contribution in [0.3, 0.4) is 0 Å². The molecule has 2 amide bonds. The highest BCUT2D eigenvalue weighted by atomic mass is 16.2. The maximum absolute atomic E-state index is 11.4. The lowest BCUT2D eigenvalue weighted by molar-refractivity contribution is -0.126. The van der Waals surface area contributed by atoms with Crippen molar-refractivity contribution in [2.75, 3.05) is 19.6 Å². The lowest BCUT2D eigenvalue weighted by Gasteiger charge is -2.28. The summed E-state index contributed by atoms with van der Waals surface area (Å²) in [6, 6.07) is 0.0979. The Morgan fingerprint density at radius 2 is 2.14 bits per heavy atom. The first-order chi connectivity index (χ1) is 6.59. The molecule has 0 radical (unpaired) electrons. The van der Waals surface area contributed by atoms with Crippen LogP contribution in [0.15, 0.2) is 0 Å². The molecule has 1 saturated heterocycles. The molecule has 2 unspecified atom stereocenters. The zero-order chi connectivity index (χ0) is 10.6. The van der Waals surface area contributed by atoms with Crippen molar-refractivity contribution in [3.63, 3.8) is 0 Å². The van der Waals surface area contributed by atoms with E-state index in [4.69, 9.17) is 5.73 Å². The molecule has 2 atom stereocenters. The molecular formula is C8H16N4O2. The monoisotopic (exact) mass is 200 g/mol. The molecule has 0 aliphatic carbocycles. The molecule has 1 fully saturated rings. The Hall–Kier alpha value is -1.14. The van der Waals surface area contributed by atoms with Gasteiger partial charge < -0.3 is 21.7 Å². The van der Waals surface area contributed by atoms with Crippen molar-refractivity contribution in [1.29, 1.82) is 0 Å². The Morgan fingerprint density at radius 3 is 2.64 bits per heavy atom. The molecule has 1 aliphatic heterocycles. The molecule has 6 nitrogen and oxygen atoms in total. The fourth-order valence-corrected chi connectivity index (χ4v) is 1.27. The quantitative estimate of drug-likeness (QED) is 0.406. The molecule has 5 N–H and O–H groups in total. The van der Waals surface area contributed by atoms with Gasteiger partial charge in [0.05, 0.1) is 12.6 Å². The Kier molecular flexibility index (Phi) is 3.84.